The number of aromatic nitrogens is 1. The van der Waals surface area contributed by atoms with Gasteiger partial charge in [-0.1, -0.05) is 48.0 Å². The standard InChI is InChI=1S/C17H15ClN4O3S/c18-17-13-8-4-5-9-14(13)21-15(17)10-19-22-16(23)11-20-26(24,25)12-6-2-1-3-7-12/h1-10,20-21H,11H2,(H,22,23). The number of rotatable bonds is 6. The number of nitrogens with one attached hydrogen (secondary N) is 3. The number of aromatic amines is 1. The van der Waals surface area contributed by atoms with Crippen LogP contribution in [0.3, 0.4) is 0 Å². The topological polar surface area (TPSA) is 103 Å². The second kappa shape index (κ2) is 7.69. The minimum absolute atomic E-state index is 0.0844. The third kappa shape index (κ3) is 4.10. The van der Waals surface area contributed by atoms with E-state index in [1.165, 1.54) is 18.3 Å². The zero-order chi connectivity index (χ0) is 18.6. The van der Waals surface area contributed by atoms with Crippen LogP contribution in [0.1, 0.15) is 5.69 Å². The summed E-state index contributed by atoms with van der Waals surface area (Å²) >= 11 is 6.23. The maximum absolute atomic E-state index is 12.0. The molecule has 0 fully saturated rings. The number of fused-ring (bicyclic) bond motifs is 1. The number of benzene rings is 2. The van der Waals surface area contributed by atoms with E-state index in [0.29, 0.717) is 10.7 Å². The van der Waals surface area contributed by atoms with E-state index in [4.69, 9.17) is 11.6 Å². The molecule has 9 heteroatoms. The molecule has 0 aliphatic carbocycles. The smallest absolute Gasteiger partial charge is 0.255 e. The molecule has 2 aromatic carbocycles. The van der Waals surface area contributed by atoms with Crippen molar-refractivity contribution in [2.45, 2.75) is 4.90 Å². The number of sulfonamides is 1. The molecule has 3 rings (SSSR count). The predicted molar refractivity (Wildman–Crippen MR) is 101 cm³/mol. The van der Waals surface area contributed by atoms with Gasteiger partial charge in [0, 0.05) is 10.9 Å². The molecule has 0 atom stereocenters. The summed E-state index contributed by atoms with van der Waals surface area (Å²) in [6.45, 7) is -0.436. The maximum atomic E-state index is 12.0. The van der Waals surface area contributed by atoms with Crippen LogP contribution in [0.2, 0.25) is 5.02 Å². The Kier molecular flexibility index (Phi) is 5.36. The second-order valence-corrected chi connectivity index (χ2v) is 7.47. The lowest BCUT2D eigenvalue weighted by Gasteiger charge is -2.05. The molecule has 0 saturated heterocycles. The van der Waals surface area contributed by atoms with E-state index in [9.17, 15) is 13.2 Å². The van der Waals surface area contributed by atoms with Crippen LogP contribution < -0.4 is 10.1 Å². The highest BCUT2D eigenvalue weighted by atomic mass is 35.5. The predicted octanol–water partition coefficient (Wildman–Crippen LogP) is 2.25. The Morgan fingerprint density at radius 2 is 1.81 bits per heavy atom. The first-order valence-corrected chi connectivity index (χ1v) is 9.46. The van der Waals surface area contributed by atoms with Crippen molar-refractivity contribution in [1.82, 2.24) is 15.1 Å². The van der Waals surface area contributed by atoms with Gasteiger partial charge in [0.2, 0.25) is 10.0 Å². The fraction of sp³-hybridized carbons (Fsp3) is 0.0588. The van der Waals surface area contributed by atoms with E-state index < -0.39 is 22.5 Å². The molecule has 134 valence electrons. The number of hydrazone groups is 1. The van der Waals surface area contributed by atoms with Crippen molar-refractivity contribution in [2.75, 3.05) is 6.54 Å². The monoisotopic (exact) mass is 390 g/mol. The van der Waals surface area contributed by atoms with Crippen LogP contribution in [0.15, 0.2) is 64.6 Å². The Balaban J connectivity index is 1.58. The molecule has 0 spiro atoms. The van der Waals surface area contributed by atoms with Gasteiger partial charge in [-0.05, 0) is 18.2 Å². The average Bonchev–Trinajstić information content (AvgIpc) is 2.97. The van der Waals surface area contributed by atoms with Gasteiger partial charge in [-0.25, -0.2) is 18.6 Å². The van der Waals surface area contributed by atoms with E-state index >= 15 is 0 Å². The zero-order valence-electron chi connectivity index (χ0n) is 13.4. The Morgan fingerprint density at radius 1 is 1.12 bits per heavy atom. The number of hydrogen-bond acceptors (Lipinski definition) is 4. The quantitative estimate of drug-likeness (QED) is 0.444. The normalized spacial score (nSPS) is 11.9. The Labute approximate surface area is 155 Å². The van der Waals surface area contributed by atoms with Crippen LogP contribution in [-0.2, 0) is 14.8 Å². The van der Waals surface area contributed by atoms with Gasteiger partial charge in [-0.3, -0.25) is 4.79 Å². The van der Waals surface area contributed by atoms with Crippen LogP contribution in [0.4, 0.5) is 0 Å². The lowest BCUT2D eigenvalue weighted by Crippen LogP contribution is -2.34. The zero-order valence-corrected chi connectivity index (χ0v) is 15.0. The van der Waals surface area contributed by atoms with E-state index in [0.717, 1.165) is 10.9 Å². The maximum Gasteiger partial charge on any atom is 0.255 e. The average molecular weight is 391 g/mol. The first-order chi connectivity index (χ1) is 12.5. The van der Waals surface area contributed by atoms with Gasteiger partial charge >= 0.3 is 0 Å². The van der Waals surface area contributed by atoms with Crippen molar-refractivity contribution in [3.63, 3.8) is 0 Å². The van der Waals surface area contributed by atoms with Gasteiger partial charge in [0.15, 0.2) is 0 Å². The summed E-state index contributed by atoms with van der Waals surface area (Å²) in [5.41, 5.74) is 3.64. The number of para-hydroxylation sites is 1. The molecule has 0 bridgehead atoms. The molecule has 3 aromatic rings. The molecule has 1 aromatic heterocycles. The molecule has 0 aliphatic heterocycles. The SMILES string of the molecule is O=C(CNS(=O)(=O)c1ccccc1)NN=Cc1[nH]c2ccccc2c1Cl. The van der Waals surface area contributed by atoms with Gasteiger partial charge in [-0.2, -0.15) is 5.10 Å². The summed E-state index contributed by atoms with van der Waals surface area (Å²) < 4.78 is 26.3. The molecule has 1 heterocycles. The van der Waals surface area contributed by atoms with Crippen molar-refractivity contribution in [3.8, 4) is 0 Å². The van der Waals surface area contributed by atoms with Crippen LogP contribution in [0, 0.1) is 0 Å². The number of hydrogen-bond donors (Lipinski definition) is 3. The molecule has 0 aliphatic rings. The van der Waals surface area contributed by atoms with E-state index in [1.807, 2.05) is 24.3 Å². The lowest BCUT2D eigenvalue weighted by molar-refractivity contribution is -0.119. The number of carbonyl (C=O) groups excluding carboxylic acids is 1. The summed E-state index contributed by atoms with van der Waals surface area (Å²) in [5.74, 6) is -0.604. The lowest BCUT2D eigenvalue weighted by atomic mass is 10.2. The highest BCUT2D eigenvalue weighted by Crippen LogP contribution is 2.25. The van der Waals surface area contributed by atoms with Gasteiger partial charge in [-0.15, -0.1) is 0 Å². The minimum Gasteiger partial charge on any atom is -0.352 e. The van der Waals surface area contributed by atoms with Gasteiger partial charge in [0.1, 0.15) is 0 Å². The van der Waals surface area contributed by atoms with E-state index in [2.05, 4.69) is 20.2 Å². The number of amides is 1. The van der Waals surface area contributed by atoms with E-state index in [1.54, 1.807) is 18.2 Å². The molecule has 0 saturated carbocycles. The summed E-state index contributed by atoms with van der Waals surface area (Å²) in [5, 5.41) is 5.13. The molecule has 1 amide bonds. The largest absolute Gasteiger partial charge is 0.352 e. The number of halogens is 1. The third-order valence-electron chi connectivity index (χ3n) is 3.53. The van der Waals surface area contributed by atoms with Crippen molar-refractivity contribution in [1.29, 1.82) is 0 Å². The van der Waals surface area contributed by atoms with Crippen molar-refractivity contribution in [3.05, 3.63) is 65.3 Å². The van der Waals surface area contributed by atoms with Crippen LogP contribution in [-0.4, -0.2) is 32.1 Å². The van der Waals surface area contributed by atoms with Gasteiger partial charge < -0.3 is 4.98 Å². The van der Waals surface area contributed by atoms with E-state index in [-0.39, 0.29) is 4.90 Å². The molecule has 3 N–H and O–H groups in total. The van der Waals surface area contributed by atoms with Crippen LogP contribution >= 0.6 is 11.6 Å². The first-order valence-electron chi connectivity index (χ1n) is 7.60. The van der Waals surface area contributed by atoms with Crippen LogP contribution in [0.25, 0.3) is 10.9 Å². The minimum atomic E-state index is -3.75. The number of nitrogens with zero attached hydrogens (tertiary/aromatic N) is 1. The van der Waals surface area contributed by atoms with Crippen LogP contribution in [0.5, 0.6) is 0 Å². The number of H-pyrrole nitrogens is 1. The fourth-order valence-corrected chi connectivity index (χ4v) is 3.53. The summed E-state index contributed by atoms with van der Waals surface area (Å²) in [6, 6.07) is 15.3. The Bertz CT molecular complexity index is 1060. The Morgan fingerprint density at radius 3 is 2.54 bits per heavy atom. The highest BCUT2D eigenvalue weighted by molar-refractivity contribution is 7.89. The summed E-state index contributed by atoms with van der Waals surface area (Å²) in [4.78, 5) is 14.9. The van der Waals surface area contributed by atoms with Crippen molar-refractivity contribution in [2.24, 2.45) is 5.10 Å². The number of carbonyl (C=O) groups is 1. The van der Waals surface area contributed by atoms with Gasteiger partial charge in [0.25, 0.3) is 5.91 Å². The molecular formula is C17H15ClN4O3S. The highest BCUT2D eigenvalue weighted by Gasteiger charge is 2.14. The third-order valence-corrected chi connectivity index (χ3v) is 5.35. The summed E-state index contributed by atoms with van der Waals surface area (Å²) in [6.07, 6.45) is 1.37. The molecule has 26 heavy (non-hydrogen) atoms. The molecule has 0 radical (unpaired) electrons. The molecular weight excluding hydrogens is 376 g/mol. The summed E-state index contributed by atoms with van der Waals surface area (Å²) in [7, 11) is -3.75. The second-order valence-electron chi connectivity index (χ2n) is 5.33. The van der Waals surface area contributed by atoms with Gasteiger partial charge in [0.05, 0.1) is 28.4 Å². The molecule has 0 unspecified atom stereocenters. The molecule has 7 nitrogen and oxygen atoms in total. The fourth-order valence-electron chi connectivity index (χ4n) is 2.27. The van der Waals surface area contributed by atoms with Crippen molar-refractivity contribution >= 4 is 44.6 Å². The Hall–Kier alpha value is -2.68. The van der Waals surface area contributed by atoms with Crippen molar-refractivity contribution < 1.29 is 13.2 Å². The first kappa shape index (κ1) is 18.1.